The third kappa shape index (κ3) is 3.78. The quantitative estimate of drug-likeness (QED) is 0.655. The summed E-state index contributed by atoms with van der Waals surface area (Å²) in [6, 6.07) is -0.0142. The molecular formula is C7H13F3O3Si. The van der Waals surface area contributed by atoms with E-state index >= 15 is 0 Å². The maximum Gasteiger partial charge on any atom is 0.500 e. The van der Waals surface area contributed by atoms with Gasteiger partial charge in [-0.2, -0.15) is 8.78 Å². The van der Waals surface area contributed by atoms with Gasteiger partial charge in [-0.25, -0.2) is 4.39 Å². The van der Waals surface area contributed by atoms with Crippen molar-refractivity contribution in [1.82, 2.24) is 0 Å². The maximum atomic E-state index is 12.5. The lowest BCUT2D eigenvalue weighted by molar-refractivity contribution is 0.123. The Labute approximate surface area is 81.8 Å². The Hall–Kier alpha value is -0.373. The monoisotopic (exact) mass is 230 g/mol. The molecule has 0 rings (SSSR count). The minimum absolute atomic E-state index is 0.0142. The van der Waals surface area contributed by atoms with Crippen molar-refractivity contribution in [2.24, 2.45) is 0 Å². The molecule has 0 aliphatic heterocycles. The Morgan fingerprint density at radius 3 is 1.71 bits per heavy atom. The summed E-state index contributed by atoms with van der Waals surface area (Å²) in [6.07, 6.45) is -2.75. The number of rotatable bonds is 6. The highest BCUT2D eigenvalue weighted by Crippen LogP contribution is 2.22. The van der Waals surface area contributed by atoms with E-state index in [0.717, 1.165) is 0 Å². The van der Waals surface area contributed by atoms with Crippen molar-refractivity contribution in [2.75, 3.05) is 21.3 Å². The zero-order valence-electron chi connectivity index (χ0n) is 8.27. The fraction of sp³-hybridized carbons (Fsp3) is 0.714. The molecule has 0 amide bonds. The lowest BCUT2D eigenvalue weighted by Gasteiger charge is -2.23. The number of hydrogen-bond acceptors (Lipinski definition) is 3. The van der Waals surface area contributed by atoms with E-state index in [0.29, 0.717) is 0 Å². The van der Waals surface area contributed by atoms with Crippen molar-refractivity contribution >= 4 is 8.80 Å². The van der Waals surface area contributed by atoms with Gasteiger partial charge in [-0.05, 0) is 0 Å². The van der Waals surface area contributed by atoms with E-state index in [1.807, 2.05) is 0 Å². The largest absolute Gasteiger partial charge is 0.500 e. The highest BCUT2D eigenvalue weighted by Gasteiger charge is 2.37. The van der Waals surface area contributed by atoms with Gasteiger partial charge in [0.15, 0.2) is 5.83 Å². The van der Waals surface area contributed by atoms with E-state index in [-0.39, 0.29) is 6.04 Å². The minimum atomic E-state index is -2.93. The summed E-state index contributed by atoms with van der Waals surface area (Å²) in [5.74, 6) is -1.45. The second kappa shape index (κ2) is 6.17. The summed E-state index contributed by atoms with van der Waals surface area (Å²) in [5.41, 5.74) is 0. The van der Waals surface area contributed by atoms with Crippen LogP contribution in [0.25, 0.3) is 0 Å². The lowest BCUT2D eigenvalue weighted by atomic mass is 10.4. The molecule has 0 saturated carbocycles. The van der Waals surface area contributed by atoms with Gasteiger partial charge in [-0.1, -0.05) is 0 Å². The predicted octanol–water partition coefficient (Wildman–Crippen LogP) is 2.33. The second-order valence-corrected chi connectivity index (χ2v) is 5.55. The topological polar surface area (TPSA) is 27.7 Å². The molecule has 0 saturated heterocycles. The van der Waals surface area contributed by atoms with Crippen molar-refractivity contribution in [2.45, 2.75) is 12.5 Å². The summed E-state index contributed by atoms with van der Waals surface area (Å²) < 4.78 is 50.7. The molecule has 0 bridgehead atoms. The first-order chi connectivity index (χ1) is 6.51. The van der Waals surface area contributed by atoms with Gasteiger partial charge in [0.2, 0.25) is 0 Å². The second-order valence-electron chi connectivity index (χ2n) is 2.46. The third-order valence-electron chi connectivity index (χ3n) is 1.79. The zero-order valence-corrected chi connectivity index (χ0v) is 9.27. The molecule has 0 unspecified atom stereocenters. The normalized spacial score (nSPS) is 11.6. The molecule has 0 aromatic carbocycles. The number of hydrogen-bond donors (Lipinski definition) is 0. The molecule has 84 valence electrons. The fourth-order valence-electron chi connectivity index (χ4n) is 0.914. The molecule has 0 N–H and O–H groups in total. The van der Waals surface area contributed by atoms with Crippen LogP contribution >= 0.6 is 0 Å². The SMILES string of the molecule is CO[Si](CCC(F)=C(F)F)(OC)OC. The van der Waals surface area contributed by atoms with Gasteiger partial charge < -0.3 is 13.3 Å². The Morgan fingerprint density at radius 2 is 1.43 bits per heavy atom. The molecule has 0 atom stereocenters. The van der Waals surface area contributed by atoms with E-state index in [1.54, 1.807) is 0 Å². The van der Waals surface area contributed by atoms with Crippen molar-refractivity contribution in [3.63, 3.8) is 0 Å². The molecule has 3 nitrogen and oxygen atoms in total. The first-order valence-electron chi connectivity index (χ1n) is 3.86. The summed E-state index contributed by atoms with van der Waals surface area (Å²) in [5, 5.41) is 0. The van der Waals surface area contributed by atoms with Crippen LogP contribution in [-0.2, 0) is 13.3 Å². The van der Waals surface area contributed by atoms with Crippen molar-refractivity contribution < 1.29 is 26.4 Å². The third-order valence-corrected chi connectivity index (χ3v) is 4.52. The van der Waals surface area contributed by atoms with Crippen LogP contribution in [0.3, 0.4) is 0 Å². The number of allylic oxidation sites excluding steroid dienone is 1. The van der Waals surface area contributed by atoms with Crippen LogP contribution in [0.2, 0.25) is 6.04 Å². The molecule has 0 fully saturated rings. The average molecular weight is 230 g/mol. The van der Waals surface area contributed by atoms with E-state index in [4.69, 9.17) is 13.3 Å². The highest BCUT2D eigenvalue weighted by molar-refractivity contribution is 6.60. The van der Waals surface area contributed by atoms with E-state index in [1.165, 1.54) is 21.3 Å². The Bertz CT molecular complexity index is 194. The molecule has 0 spiro atoms. The van der Waals surface area contributed by atoms with Crippen LogP contribution in [0.4, 0.5) is 13.2 Å². The smallest absolute Gasteiger partial charge is 0.377 e. The van der Waals surface area contributed by atoms with Crippen LogP contribution in [0.5, 0.6) is 0 Å². The fourth-order valence-corrected chi connectivity index (χ4v) is 2.55. The van der Waals surface area contributed by atoms with Gasteiger partial charge in [0.05, 0.1) is 0 Å². The van der Waals surface area contributed by atoms with E-state index < -0.39 is 27.1 Å². The van der Waals surface area contributed by atoms with Crippen LogP contribution < -0.4 is 0 Å². The molecule has 14 heavy (non-hydrogen) atoms. The van der Waals surface area contributed by atoms with Crippen LogP contribution in [0.15, 0.2) is 11.9 Å². The molecule has 0 aromatic heterocycles. The molecule has 0 aliphatic carbocycles. The van der Waals surface area contributed by atoms with Gasteiger partial charge in [-0.15, -0.1) is 0 Å². The molecule has 0 radical (unpaired) electrons. The van der Waals surface area contributed by atoms with Crippen molar-refractivity contribution in [3.8, 4) is 0 Å². The van der Waals surface area contributed by atoms with E-state index in [9.17, 15) is 13.2 Å². The Balaban J connectivity index is 4.27. The summed E-state index contributed by atoms with van der Waals surface area (Å²) in [4.78, 5) is 0. The Kier molecular flexibility index (Phi) is 6.01. The maximum absolute atomic E-state index is 12.5. The Morgan fingerprint density at radius 1 is 1.00 bits per heavy atom. The molecule has 7 heteroatoms. The van der Waals surface area contributed by atoms with E-state index in [2.05, 4.69) is 0 Å². The molecule has 0 heterocycles. The summed E-state index contributed by atoms with van der Waals surface area (Å²) in [7, 11) is 1.09. The summed E-state index contributed by atoms with van der Waals surface area (Å²) >= 11 is 0. The molecular weight excluding hydrogens is 217 g/mol. The van der Waals surface area contributed by atoms with Crippen molar-refractivity contribution in [3.05, 3.63) is 11.9 Å². The number of halogens is 3. The van der Waals surface area contributed by atoms with Crippen LogP contribution in [-0.4, -0.2) is 30.1 Å². The van der Waals surface area contributed by atoms with Gasteiger partial charge in [-0.3, -0.25) is 0 Å². The first kappa shape index (κ1) is 13.6. The average Bonchev–Trinajstić information content (AvgIpc) is 2.20. The van der Waals surface area contributed by atoms with Crippen molar-refractivity contribution in [1.29, 1.82) is 0 Å². The van der Waals surface area contributed by atoms with Gasteiger partial charge in [0.25, 0.3) is 0 Å². The molecule has 0 aromatic rings. The molecule has 0 aliphatic rings. The van der Waals surface area contributed by atoms with Crippen LogP contribution in [0.1, 0.15) is 6.42 Å². The predicted molar refractivity (Wildman–Crippen MR) is 46.6 cm³/mol. The highest BCUT2D eigenvalue weighted by atomic mass is 28.4. The first-order valence-corrected chi connectivity index (χ1v) is 5.79. The van der Waals surface area contributed by atoms with Gasteiger partial charge in [0, 0.05) is 33.8 Å². The van der Waals surface area contributed by atoms with Gasteiger partial charge >= 0.3 is 14.9 Å². The van der Waals surface area contributed by atoms with Gasteiger partial charge in [0.1, 0.15) is 0 Å². The van der Waals surface area contributed by atoms with Crippen LogP contribution in [0, 0.1) is 0 Å². The summed E-state index contributed by atoms with van der Waals surface area (Å²) in [6.45, 7) is 0. The lowest BCUT2D eigenvalue weighted by Crippen LogP contribution is -2.42. The zero-order chi connectivity index (χ0) is 11.2. The minimum Gasteiger partial charge on any atom is -0.377 e. The standard InChI is InChI=1S/C7H13F3O3Si/c1-11-14(12-2,13-3)5-4-6(8)7(9)10/h4-5H2,1-3H3.